The van der Waals surface area contributed by atoms with Crippen molar-refractivity contribution in [2.24, 2.45) is 0 Å². The van der Waals surface area contributed by atoms with E-state index in [1.54, 1.807) is 44.6 Å². The lowest BCUT2D eigenvalue weighted by molar-refractivity contribution is 0.0821. The van der Waals surface area contributed by atoms with Gasteiger partial charge in [-0.3, -0.25) is 9.78 Å². The lowest BCUT2D eigenvalue weighted by Crippen LogP contribution is -2.22. The predicted molar refractivity (Wildman–Crippen MR) is 74.5 cm³/mol. The van der Waals surface area contributed by atoms with Crippen molar-refractivity contribution in [3.05, 3.63) is 48.3 Å². The molecule has 0 aliphatic carbocycles. The Labute approximate surface area is 116 Å². The Morgan fingerprint density at radius 1 is 1.21 bits per heavy atom. The van der Waals surface area contributed by atoms with Gasteiger partial charge in [0.1, 0.15) is 11.4 Å². The van der Waals surface area contributed by atoms with Gasteiger partial charge in [-0.2, -0.15) is 0 Å². The second kappa shape index (κ2) is 5.75. The van der Waals surface area contributed by atoms with Crippen molar-refractivity contribution in [3.8, 4) is 5.75 Å². The van der Waals surface area contributed by atoms with E-state index in [0.717, 1.165) is 9.79 Å². The van der Waals surface area contributed by atoms with E-state index in [1.807, 2.05) is 12.1 Å². The summed E-state index contributed by atoms with van der Waals surface area (Å²) in [7, 11) is 3.39. The number of rotatable bonds is 3. The van der Waals surface area contributed by atoms with Gasteiger partial charge in [-0.25, -0.2) is 0 Å². The monoisotopic (exact) mass is 274 g/mol. The number of hydrogen-bond acceptors (Lipinski definition) is 4. The third-order valence-electron chi connectivity index (χ3n) is 2.41. The molecule has 5 heteroatoms. The lowest BCUT2D eigenvalue weighted by atomic mass is 10.3. The molecule has 1 aromatic heterocycles. The smallest absolute Gasteiger partial charge is 0.271 e. The lowest BCUT2D eigenvalue weighted by Gasteiger charge is -2.10. The molecule has 1 heterocycles. The zero-order chi connectivity index (χ0) is 13.8. The van der Waals surface area contributed by atoms with Crippen LogP contribution in [0.3, 0.4) is 0 Å². The van der Waals surface area contributed by atoms with Crippen molar-refractivity contribution in [1.29, 1.82) is 0 Å². The molecule has 0 saturated heterocycles. The van der Waals surface area contributed by atoms with Gasteiger partial charge in [0.2, 0.25) is 0 Å². The molecule has 1 aromatic carbocycles. The molecule has 4 nitrogen and oxygen atoms in total. The Morgan fingerprint density at radius 3 is 2.63 bits per heavy atom. The van der Waals surface area contributed by atoms with Gasteiger partial charge in [0.05, 0.1) is 0 Å². The minimum absolute atomic E-state index is 0.127. The highest BCUT2D eigenvalue weighted by atomic mass is 32.2. The molecule has 2 aromatic rings. The predicted octanol–water partition coefficient (Wildman–Crippen LogP) is 2.64. The maximum Gasteiger partial charge on any atom is 0.271 e. The summed E-state index contributed by atoms with van der Waals surface area (Å²) in [5.74, 6) is 0.0991. The average Bonchev–Trinajstić information content (AvgIpc) is 2.38. The molecule has 98 valence electrons. The maximum atomic E-state index is 11.8. The summed E-state index contributed by atoms with van der Waals surface area (Å²) >= 11 is 1.47. The van der Waals surface area contributed by atoms with Crippen LogP contribution >= 0.6 is 11.8 Å². The van der Waals surface area contributed by atoms with Crippen LogP contribution in [0.4, 0.5) is 0 Å². The van der Waals surface area contributed by atoms with Gasteiger partial charge in [-0.1, -0.05) is 17.8 Å². The topological polar surface area (TPSA) is 53.4 Å². The molecule has 1 N–H and O–H groups in total. The summed E-state index contributed by atoms with van der Waals surface area (Å²) < 4.78 is 0. The molecule has 0 spiro atoms. The van der Waals surface area contributed by atoms with E-state index in [-0.39, 0.29) is 11.7 Å². The number of carbonyl (C=O) groups is 1. The van der Waals surface area contributed by atoms with E-state index in [9.17, 15) is 9.90 Å². The zero-order valence-electron chi connectivity index (χ0n) is 10.7. The minimum Gasteiger partial charge on any atom is -0.508 e. The third kappa shape index (κ3) is 3.48. The molecule has 2 rings (SSSR count). The molecule has 1 amide bonds. The van der Waals surface area contributed by atoms with E-state index in [2.05, 4.69) is 4.98 Å². The first-order chi connectivity index (χ1) is 9.06. The van der Waals surface area contributed by atoms with Crippen LogP contribution in [0.5, 0.6) is 5.75 Å². The van der Waals surface area contributed by atoms with E-state index in [1.165, 1.54) is 16.7 Å². The second-order valence-corrected chi connectivity index (χ2v) is 5.32. The molecule has 0 saturated carbocycles. The number of aromatic hydroxyl groups is 1. The first kappa shape index (κ1) is 13.4. The summed E-state index contributed by atoms with van der Waals surface area (Å²) in [6, 6.07) is 10.6. The van der Waals surface area contributed by atoms with Gasteiger partial charge >= 0.3 is 0 Å². The quantitative estimate of drug-likeness (QED) is 0.935. The fraction of sp³-hybridized carbons (Fsp3) is 0.143. The van der Waals surface area contributed by atoms with E-state index < -0.39 is 0 Å². The van der Waals surface area contributed by atoms with Crippen LogP contribution in [0, 0.1) is 0 Å². The van der Waals surface area contributed by atoms with Gasteiger partial charge in [0.15, 0.2) is 0 Å². The molecule has 0 aliphatic rings. The number of pyridine rings is 1. The molecule has 0 fully saturated rings. The minimum atomic E-state index is -0.127. The number of nitrogens with zero attached hydrogens (tertiary/aromatic N) is 2. The van der Waals surface area contributed by atoms with E-state index >= 15 is 0 Å². The number of aromatic nitrogens is 1. The highest BCUT2D eigenvalue weighted by molar-refractivity contribution is 7.99. The molecule has 0 radical (unpaired) electrons. The number of phenolic OH excluding ortho intramolecular Hbond substituents is 1. The average molecular weight is 274 g/mol. The Bertz CT molecular complexity index is 600. The molecule has 0 atom stereocenters. The summed E-state index contributed by atoms with van der Waals surface area (Å²) in [6.45, 7) is 0. The number of phenols is 1. The van der Waals surface area contributed by atoms with Crippen LogP contribution in [0.25, 0.3) is 0 Å². The van der Waals surface area contributed by atoms with Gasteiger partial charge in [0.25, 0.3) is 5.91 Å². The van der Waals surface area contributed by atoms with Gasteiger partial charge < -0.3 is 10.0 Å². The highest BCUT2D eigenvalue weighted by Gasteiger charge is 2.10. The SMILES string of the molecule is CN(C)C(=O)c1cc(Sc2cccc(O)c2)ccn1. The first-order valence-corrected chi connectivity index (χ1v) is 6.52. The number of carbonyl (C=O) groups excluding carboxylic acids is 1. The summed E-state index contributed by atoms with van der Waals surface area (Å²) in [5.41, 5.74) is 0.412. The molecular formula is C14H14N2O2S. The van der Waals surface area contributed by atoms with Crippen molar-refractivity contribution in [2.45, 2.75) is 9.79 Å². The number of benzene rings is 1. The summed E-state index contributed by atoms with van der Waals surface area (Å²) in [5, 5.41) is 9.42. The van der Waals surface area contributed by atoms with Crippen molar-refractivity contribution < 1.29 is 9.90 Å². The van der Waals surface area contributed by atoms with Crippen LogP contribution in [0.2, 0.25) is 0 Å². The van der Waals surface area contributed by atoms with Gasteiger partial charge in [0, 0.05) is 30.1 Å². The fourth-order valence-electron chi connectivity index (χ4n) is 1.50. The van der Waals surface area contributed by atoms with Crippen LogP contribution < -0.4 is 0 Å². The van der Waals surface area contributed by atoms with Crippen molar-refractivity contribution in [3.63, 3.8) is 0 Å². The van der Waals surface area contributed by atoms with Crippen LogP contribution in [0.1, 0.15) is 10.5 Å². The first-order valence-electron chi connectivity index (χ1n) is 5.71. The van der Waals surface area contributed by atoms with E-state index in [4.69, 9.17) is 0 Å². The second-order valence-electron chi connectivity index (χ2n) is 4.18. The zero-order valence-corrected chi connectivity index (χ0v) is 11.5. The van der Waals surface area contributed by atoms with Crippen LogP contribution in [-0.4, -0.2) is 35.0 Å². The molecular weight excluding hydrogens is 260 g/mol. The number of hydrogen-bond donors (Lipinski definition) is 1. The molecule has 0 bridgehead atoms. The fourth-order valence-corrected chi connectivity index (χ4v) is 2.40. The third-order valence-corrected chi connectivity index (χ3v) is 3.39. The summed E-state index contributed by atoms with van der Waals surface area (Å²) in [4.78, 5) is 19.2. The Hall–Kier alpha value is -2.01. The van der Waals surface area contributed by atoms with Crippen molar-refractivity contribution in [1.82, 2.24) is 9.88 Å². The standard InChI is InChI=1S/C14H14N2O2S/c1-16(2)14(18)13-9-12(6-7-15-13)19-11-5-3-4-10(17)8-11/h3-9,17H,1-2H3. The molecule has 19 heavy (non-hydrogen) atoms. The van der Waals surface area contributed by atoms with Gasteiger partial charge in [-0.15, -0.1) is 0 Å². The van der Waals surface area contributed by atoms with Crippen molar-refractivity contribution >= 4 is 17.7 Å². The maximum absolute atomic E-state index is 11.8. The van der Waals surface area contributed by atoms with Crippen LogP contribution in [0.15, 0.2) is 52.4 Å². The normalized spacial score (nSPS) is 10.2. The van der Waals surface area contributed by atoms with E-state index in [0.29, 0.717) is 5.69 Å². The Kier molecular flexibility index (Phi) is 4.06. The largest absolute Gasteiger partial charge is 0.508 e. The number of amides is 1. The van der Waals surface area contributed by atoms with Crippen molar-refractivity contribution in [2.75, 3.05) is 14.1 Å². The summed E-state index contributed by atoms with van der Waals surface area (Å²) in [6.07, 6.45) is 1.61. The molecule has 0 aliphatic heterocycles. The van der Waals surface area contributed by atoms with Gasteiger partial charge in [-0.05, 0) is 30.3 Å². The Balaban J connectivity index is 2.22. The Morgan fingerprint density at radius 2 is 1.95 bits per heavy atom. The molecule has 0 unspecified atom stereocenters. The highest BCUT2D eigenvalue weighted by Crippen LogP contribution is 2.29. The van der Waals surface area contributed by atoms with Crippen LogP contribution in [-0.2, 0) is 0 Å².